The molecule has 1 aliphatic rings. The van der Waals surface area contributed by atoms with Crippen LogP contribution in [0.1, 0.15) is 37.8 Å². The highest BCUT2D eigenvalue weighted by atomic mass is 16.2. The minimum absolute atomic E-state index is 0.0860. The number of aromatic amines is 1. The van der Waals surface area contributed by atoms with Crippen LogP contribution in [0, 0.1) is 0 Å². The van der Waals surface area contributed by atoms with Crippen molar-refractivity contribution in [3.05, 3.63) is 83.9 Å². The number of carbonyl (C=O) groups excluding carboxylic acids is 2. The molecule has 0 aliphatic carbocycles. The molecule has 3 N–H and O–H groups in total. The smallest absolute Gasteiger partial charge is 0.250 e. The number of anilines is 1. The quantitative estimate of drug-likeness (QED) is 0.378. The minimum atomic E-state index is -0.647. The molecule has 1 aliphatic heterocycles. The summed E-state index contributed by atoms with van der Waals surface area (Å²) in [7, 11) is 1.71. The number of nitrogens with zero attached hydrogens (tertiary/aromatic N) is 5. The SMILES string of the molecule is CN(C(=O)CC(C)(C)N)[C@@H]1CCc2ccccc2N(Cc2ccc(-c3ccccc3-c3nn[nH]n3)cc2)C1=O. The predicted octanol–water partition coefficient (Wildman–Crippen LogP) is 3.97. The molecule has 2 heterocycles. The standard InChI is InChI=1S/C30H33N7O2/c1-30(2,31)18-27(38)36(3)26-17-16-22-8-4-7-11-25(22)37(29(26)39)19-20-12-14-21(15-13-20)23-9-5-6-10-24(23)28-32-34-35-33-28/h4-15,26H,16-19,31H2,1-3H3,(H,32,33,34,35)/t26-/m1/s1. The molecule has 0 fully saturated rings. The van der Waals surface area contributed by atoms with Crippen molar-refractivity contribution in [3.8, 4) is 22.5 Å². The zero-order chi connectivity index (χ0) is 27.6. The van der Waals surface area contributed by atoms with Gasteiger partial charge in [0, 0.05) is 30.3 Å². The number of H-pyrrole nitrogens is 1. The molecule has 1 aromatic heterocycles. The van der Waals surface area contributed by atoms with E-state index in [9.17, 15) is 9.59 Å². The van der Waals surface area contributed by atoms with Crippen LogP contribution in [0.4, 0.5) is 5.69 Å². The Morgan fingerprint density at radius 2 is 1.74 bits per heavy atom. The molecule has 9 nitrogen and oxygen atoms in total. The van der Waals surface area contributed by atoms with Crippen LogP contribution in [0.5, 0.6) is 0 Å². The number of nitrogens with one attached hydrogen (secondary N) is 1. The van der Waals surface area contributed by atoms with Crippen LogP contribution in [0.2, 0.25) is 0 Å². The number of rotatable bonds is 7. The van der Waals surface area contributed by atoms with Crippen molar-refractivity contribution in [3.63, 3.8) is 0 Å². The van der Waals surface area contributed by atoms with E-state index in [0.717, 1.165) is 33.5 Å². The van der Waals surface area contributed by atoms with E-state index in [1.54, 1.807) is 11.9 Å². The number of para-hydroxylation sites is 1. The number of nitrogens with two attached hydrogens (primary N) is 1. The summed E-state index contributed by atoms with van der Waals surface area (Å²) >= 11 is 0. The van der Waals surface area contributed by atoms with Gasteiger partial charge in [-0.2, -0.15) is 5.21 Å². The molecule has 1 atom stereocenters. The molecule has 39 heavy (non-hydrogen) atoms. The normalized spacial score (nSPS) is 15.5. The molecule has 0 bridgehead atoms. The van der Waals surface area contributed by atoms with Crippen LogP contribution in [-0.2, 0) is 22.6 Å². The molecule has 5 rings (SSSR count). The van der Waals surface area contributed by atoms with Crippen LogP contribution >= 0.6 is 0 Å². The van der Waals surface area contributed by atoms with E-state index < -0.39 is 11.6 Å². The molecule has 0 saturated carbocycles. The Morgan fingerprint density at radius 3 is 2.44 bits per heavy atom. The van der Waals surface area contributed by atoms with E-state index in [1.807, 2.05) is 85.5 Å². The van der Waals surface area contributed by atoms with Gasteiger partial charge >= 0.3 is 0 Å². The maximum Gasteiger partial charge on any atom is 0.250 e. The Kier molecular flexibility index (Phi) is 7.26. The van der Waals surface area contributed by atoms with Crippen molar-refractivity contribution in [2.45, 2.75) is 51.2 Å². The van der Waals surface area contributed by atoms with Gasteiger partial charge in [-0.1, -0.05) is 66.7 Å². The second-order valence-corrected chi connectivity index (χ2v) is 10.8. The van der Waals surface area contributed by atoms with Gasteiger partial charge in [0.2, 0.25) is 17.6 Å². The lowest BCUT2D eigenvalue weighted by atomic mass is 9.98. The van der Waals surface area contributed by atoms with E-state index in [1.165, 1.54) is 0 Å². The molecular weight excluding hydrogens is 490 g/mol. The number of hydrogen-bond acceptors (Lipinski definition) is 6. The number of benzene rings is 3. The number of likely N-dealkylation sites (N-methyl/N-ethyl adjacent to an activating group) is 1. The fraction of sp³-hybridized carbons (Fsp3) is 0.300. The summed E-state index contributed by atoms with van der Waals surface area (Å²) in [5.41, 5.74) is 11.3. The molecular formula is C30H33N7O2. The first kappa shape index (κ1) is 26.2. The zero-order valence-corrected chi connectivity index (χ0v) is 22.5. The molecule has 0 spiro atoms. The van der Waals surface area contributed by atoms with Crippen LogP contribution in [0.15, 0.2) is 72.8 Å². The van der Waals surface area contributed by atoms with Crippen molar-refractivity contribution in [1.82, 2.24) is 25.5 Å². The van der Waals surface area contributed by atoms with Gasteiger partial charge in [-0.05, 0) is 60.2 Å². The van der Waals surface area contributed by atoms with Gasteiger partial charge in [-0.3, -0.25) is 9.59 Å². The predicted molar refractivity (Wildman–Crippen MR) is 150 cm³/mol. The van der Waals surface area contributed by atoms with Crippen LogP contribution in [0.25, 0.3) is 22.5 Å². The number of fused-ring (bicyclic) bond motifs is 1. The molecule has 4 aromatic rings. The third-order valence-corrected chi connectivity index (χ3v) is 7.11. The summed E-state index contributed by atoms with van der Waals surface area (Å²) in [4.78, 5) is 30.4. The average Bonchev–Trinajstić information content (AvgIpc) is 3.42. The summed E-state index contributed by atoms with van der Waals surface area (Å²) in [6, 6.07) is 23.5. The zero-order valence-electron chi connectivity index (χ0n) is 22.5. The molecule has 9 heteroatoms. The number of amides is 2. The second kappa shape index (κ2) is 10.8. The van der Waals surface area contributed by atoms with Crippen LogP contribution < -0.4 is 10.6 Å². The van der Waals surface area contributed by atoms with Gasteiger partial charge in [0.1, 0.15) is 6.04 Å². The Bertz CT molecular complexity index is 1460. The van der Waals surface area contributed by atoms with Gasteiger partial charge in [-0.15, -0.1) is 10.2 Å². The number of aromatic nitrogens is 4. The van der Waals surface area contributed by atoms with Gasteiger partial charge in [0.05, 0.1) is 6.54 Å². The highest BCUT2D eigenvalue weighted by molar-refractivity contribution is 6.00. The maximum atomic E-state index is 14.0. The molecule has 2 amide bonds. The van der Waals surface area contributed by atoms with Crippen molar-refractivity contribution in [2.24, 2.45) is 5.73 Å². The van der Waals surface area contributed by atoms with E-state index in [0.29, 0.717) is 25.2 Å². The molecule has 0 unspecified atom stereocenters. The average molecular weight is 524 g/mol. The van der Waals surface area contributed by atoms with Gasteiger partial charge in [0.25, 0.3) is 0 Å². The number of aryl methyl sites for hydroxylation is 1. The van der Waals surface area contributed by atoms with Crippen LogP contribution in [-0.4, -0.2) is 56.0 Å². The lowest BCUT2D eigenvalue weighted by molar-refractivity contribution is -0.138. The van der Waals surface area contributed by atoms with E-state index >= 15 is 0 Å². The largest absolute Gasteiger partial charge is 0.334 e. The Morgan fingerprint density at radius 1 is 1.05 bits per heavy atom. The minimum Gasteiger partial charge on any atom is -0.334 e. The Hall–Kier alpha value is -4.37. The summed E-state index contributed by atoms with van der Waals surface area (Å²) in [5, 5.41) is 14.5. The summed E-state index contributed by atoms with van der Waals surface area (Å²) < 4.78 is 0. The van der Waals surface area contributed by atoms with Gasteiger partial charge < -0.3 is 15.5 Å². The third-order valence-electron chi connectivity index (χ3n) is 7.11. The van der Waals surface area contributed by atoms with E-state index in [-0.39, 0.29) is 18.2 Å². The Labute approximate surface area is 228 Å². The molecule has 0 saturated heterocycles. The number of tetrazole rings is 1. The number of carbonyl (C=O) groups is 2. The highest BCUT2D eigenvalue weighted by Gasteiger charge is 2.35. The highest BCUT2D eigenvalue weighted by Crippen LogP contribution is 2.32. The first-order valence-electron chi connectivity index (χ1n) is 13.1. The summed E-state index contributed by atoms with van der Waals surface area (Å²) in [6.45, 7) is 4.03. The lowest BCUT2D eigenvalue weighted by Gasteiger charge is -2.32. The fourth-order valence-electron chi connectivity index (χ4n) is 5.09. The number of hydrogen-bond donors (Lipinski definition) is 2. The first-order valence-corrected chi connectivity index (χ1v) is 13.1. The van der Waals surface area contributed by atoms with Crippen molar-refractivity contribution in [2.75, 3.05) is 11.9 Å². The molecule has 0 radical (unpaired) electrons. The van der Waals surface area contributed by atoms with Crippen molar-refractivity contribution < 1.29 is 9.59 Å². The Balaban J connectivity index is 1.42. The van der Waals surface area contributed by atoms with Crippen LogP contribution in [0.3, 0.4) is 0 Å². The topological polar surface area (TPSA) is 121 Å². The maximum absolute atomic E-state index is 14.0. The summed E-state index contributed by atoms with van der Waals surface area (Å²) in [5.74, 6) is 0.317. The van der Waals surface area contributed by atoms with E-state index in [4.69, 9.17) is 5.73 Å². The monoisotopic (exact) mass is 523 g/mol. The fourth-order valence-corrected chi connectivity index (χ4v) is 5.09. The van der Waals surface area contributed by atoms with Gasteiger partial charge in [-0.25, -0.2) is 0 Å². The molecule has 3 aromatic carbocycles. The second-order valence-electron chi connectivity index (χ2n) is 10.8. The lowest BCUT2D eigenvalue weighted by Crippen LogP contribution is -2.50. The van der Waals surface area contributed by atoms with E-state index in [2.05, 4.69) is 26.7 Å². The summed E-state index contributed by atoms with van der Waals surface area (Å²) in [6.07, 6.45) is 1.44. The van der Waals surface area contributed by atoms with Gasteiger partial charge in [0.15, 0.2) is 0 Å². The third kappa shape index (κ3) is 5.73. The first-order chi connectivity index (χ1) is 18.7. The van der Waals surface area contributed by atoms with Crippen molar-refractivity contribution >= 4 is 17.5 Å². The molecule has 200 valence electrons. The van der Waals surface area contributed by atoms with Crippen molar-refractivity contribution in [1.29, 1.82) is 0 Å².